The van der Waals surface area contributed by atoms with E-state index >= 15 is 0 Å². The predicted octanol–water partition coefficient (Wildman–Crippen LogP) is 3.04. The smallest absolute Gasteiger partial charge is 0.308 e. The minimum atomic E-state index is -0.319. The molecule has 1 aromatic heterocycles. The van der Waals surface area contributed by atoms with Crippen LogP contribution in [0.5, 0.6) is 5.75 Å². The Balaban J connectivity index is 2.46. The number of ether oxygens (including phenoxy) is 1. The summed E-state index contributed by atoms with van der Waals surface area (Å²) in [4.78, 5) is 11.9. The number of aryl methyl sites for hydroxylation is 1. The van der Waals surface area contributed by atoms with Gasteiger partial charge in [-0.15, -0.1) is 0 Å². The summed E-state index contributed by atoms with van der Waals surface area (Å²) in [6.07, 6.45) is 0. The highest BCUT2D eigenvalue weighted by molar-refractivity contribution is 7.06. The zero-order valence-corrected chi connectivity index (χ0v) is 9.88. The van der Waals surface area contributed by atoms with Gasteiger partial charge in [0.25, 0.3) is 0 Å². The van der Waals surface area contributed by atoms with Gasteiger partial charge in [-0.25, -0.2) is 0 Å². The van der Waals surface area contributed by atoms with Gasteiger partial charge in [0.2, 0.25) is 0 Å². The van der Waals surface area contributed by atoms with Crippen molar-refractivity contribution in [3.8, 4) is 17.0 Å². The maximum absolute atomic E-state index is 11.0. The van der Waals surface area contributed by atoms with Gasteiger partial charge in [-0.1, -0.05) is 30.3 Å². The Hall–Kier alpha value is -1.68. The van der Waals surface area contributed by atoms with Crippen LogP contribution in [0.15, 0.2) is 30.3 Å². The largest absolute Gasteiger partial charge is 0.423 e. The number of aromatic nitrogens is 1. The van der Waals surface area contributed by atoms with Crippen LogP contribution in [-0.2, 0) is 4.79 Å². The molecule has 1 aromatic carbocycles. The molecule has 4 heteroatoms. The second-order valence-corrected chi connectivity index (χ2v) is 4.35. The lowest BCUT2D eigenvalue weighted by Gasteiger charge is -2.03. The van der Waals surface area contributed by atoms with E-state index in [-0.39, 0.29) is 5.97 Å². The molecular weight excluding hydrogens is 222 g/mol. The molecule has 0 atom stereocenters. The molecule has 0 spiro atoms. The molecule has 0 N–H and O–H groups in total. The summed E-state index contributed by atoms with van der Waals surface area (Å²) in [6.45, 7) is 3.29. The van der Waals surface area contributed by atoms with E-state index in [0.29, 0.717) is 5.75 Å². The number of carbonyl (C=O) groups excluding carboxylic acids is 1. The van der Waals surface area contributed by atoms with Crippen LogP contribution in [0.25, 0.3) is 11.3 Å². The highest BCUT2D eigenvalue weighted by atomic mass is 32.1. The van der Waals surface area contributed by atoms with Gasteiger partial charge in [0.05, 0.1) is 4.88 Å². The summed E-state index contributed by atoms with van der Waals surface area (Å²) in [6, 6.07) is 9.69. The molecule has 0 aliphatic carbocycles. The highest BCUT2D eigenvalue weighted by Gasteiger charge is 2.15. The van der Waals surface area contributed by atoms with Gasteiger partial charge >= 0.3 is 5.97 Å². The van der Waals surface area contributed by atoms with E-state index in [1.54, 1.807) is 0 Å². The summed E-state index contributed by atoms with van der Waals surface area (Å²) >= 11 is 1.34. The van der Waals surface area contributed by atoms with Gasteiger partial charge in [-0.2, -0.15) is 4.37 Å². The fraction of sp³-hybridized carbons (Fsp3) is 0.167. The Bertz CT molecular complexity index is 505. The van der Waals surface area contributed by atoms with Gasteiger partial charge in [0.1, 0.15) is 5.69 Å². The van der Waals surface area contributed by atoms with Crippen molar-refractivity contribution in [1.29, 1.82) is 0 Å². The van der Waals surface area contributed by atoms with Crippen LogP contribution in [-0.4, -0.2) is 10.3 Å². The predicted molar refractivity (Wildman–Crippen MR) is 63.6 cm³/mol. The Kier molecular flexibility index (Phi) is 3.01. The van der Waals surface area contributed by atoms with E-state index in [4.69, 9.17) is 4.74 Å². The quantitative estimate of drug-likeness (QED) is 0.748. The average Bonchev–Trinajstić information content (AvgIpc) is 2.61. The third-order valence-corrected chi connectivity index (χ3v) is 2.83. The molecule has 16 heavy (non-hydrogen) atoms. The van der Waals surface area contributed by atoms with Crippen molar-refractivity contribution in [1.82, 2.24) is 4.37 Å². The third kappa shape index (κ3) is 2.12. The Morgan fingerprint density at radius 2 is 2.00 bits per heavy atom. The van der Waals surface area contributed by atoms with Gasteiger partial charge in [-0.05, 0) is 18.5 Å². The van der Waals surface area contributed by atoms with Gasteiger partial charge in [0, 0.05) is 12.5 Å². The van der Waals surface area contributed by atoms with Crippen LogP contribution in [0.1, 0.15) is 11.8 Å². The number of hydrogen-bond donors (Lipinski definition) is 0. The van der Waals surface area contributed by atoms with Crippen LogP contribution in [0.3, 0.4) is 0 Å². The molecule has 0 unspecified atom stereocenters. The molecule has 0 fully saturated rings. The molecule has 0 aliphatic rings. The normalized spacial score (nSPS) is 10.1. The second-order valence-electron chi connectivity index (χ2n) is 3.38. The molecule has 0 saturated carbocycles. The SMILES string of the molecule is CC(=O)Oc1c(-c2ccccc2)nsc1C. The summed E-state index contributed by atoms with van der Waals surface area (Å²) in [5.41, 5.74) is 1.70. The first-order chi connectivity index (χ1) is 7.68. The topological polar surface area (TPSA) is 39.2 Å². The standard InChI is InChI=1S/C12H11NO2S/c1-8-12(15-9(2)14)11(13-16-8)10-6-4-3-5-7-10/h3-7H,1-2H3. The van der Waals surface area contributed by atoms with E-state index in [1.165, 1.54) is 18.5 Å². The van der Waals surface area contributed by atoms with E-state index in [2.05, 4.69) is 4.37 Å². The van der Waals surface area contributed by atoms with Gasteiger partial charge in [-0.3, -0.25) is 4.79 Å². The van der Waals surface area contributed by atoms with Crippen molar-refractivity contribution in [3.05, 3.63) is 35.2 Å². The van der Waals surface area contributed by atoms with E-state index < -0.39 is 0 Å². The van der Waals surface area contributed by atoms with E-state index in [1.807, 2.05) is 37.3 Å². The minimum absolute atomic E-state index is 0.319. The minimum Gasteiger partial charge on any atom is -0.423 e. The molecule has 1 heterocycles. The lowest BCUT2D eigenvalue weighted by atomic mass is 10.1. The van der Waals surface area contributed by atoms with Gasteiger partial charge < -0.3 is 4.74 Å². The summed E-state index contributed by atoms with van der Waals surface area (Å²) < 4.78 is 9.48. The highest BCUT2D eigenvalue weighted by Crippen LogP contribution is 2.34. The number of carbonyl (C=O) groups is 1. The number of benzene rings is 1. The first kappa shape index (κ1) is 10.8. The van der Waals surface area contributed by atoms with Crippen LogP contribution in [0, 0.1) is 6.92 Å². The van der Waals surface area contributed by atoms with Crippen LogP contribution in [0.4, 0.5) is 0 Å². The first-order valence-electron chi connectivity index (χ1n) is 4.88. The van der Waals surface area contributed by atoms with Crippen molar-refractivity contribution in [2.75, 3.05) is 0 Å². The van der Waals surface area contributed by atoms with Crippen molar-refractivity contribution < 1.29 is 9.53 Å². The summed E-state index contributed by atoms with van der Waals surface area (Å²) in [5, 5.41) is 0. The third-order valence-electron chi connectivity index (χ3n) is 2.10. The van der Waals surface area contributed by atoms with Crippen LogP contribution >= 0.6 is 11.5 Å². The van der Waals surface area contributed by atoms with Crippen molar-refractivity contribution >= 4 is 17.5 Å². The first-order valence-corrected chi connectivity index (χ1v) is 5.66. The van der Waals surface area contributed by atoms with Crippen molar-refractivity contribution in [2.24, 2.45) is 0 Å². The number of hydrogen-bond acceptors (Lipinski definition) is 4. The fourth-order valence-electron chi connectivity index (χ4n) is 1.41. The molecule has 2 rings (SSSR count). The lowest BCUT2D eigenvalue weighted by Crippen LogP contribution is -2.02. The molecular formula is C12H11NO2S. The zero-order chi connectivity index (χ0) is 11.5. The Morgan fingerprint density at radius 3 is 2.62 bits per heavy atom. The molecule has 2 aromatic rings. The summed E-state index contributed by atoms with van der Waals surface area (Å²) in [5.74, 6) is 0.254. The van der Waals surface area contributed by atoms with Crippen molar-refractivity contribution in [3.63, 3.8) is 0 Å². The monoisotopic (exact) mass is 233 g/mol. The van der Waals surface area contributed by atoms with Crippen LogP contribution in [0.2, 0.25) is 0 Å². The fourth-order valence-corrected chi connectivity index (χ4v) is 2.05. The molecule has 0 radical (unpaired) electrons. The van der Waals surface area contributed by atoms with E-state index in [9.17, 15) is 4.79 Å². The number of nitrogens with zero attached hydrogens (tertiary/aromatic N) is 1. The molecule has 3 nitrogen and oxygen atoms in total. The molecule has 82 valence electrons. The zero-order valence-electron chi connectivity index (χ0n) is 9.06. The molecule has 0 amide bonds. The number of rotatable bonds is 2. The lowest BCUT2D eigenvalue weighted by molar-refractivity contribution is -0.131. The van der Waals surface area contributed by atoms with Gasteiger partial charge in [0.15, 0.2) is 5.75 Å². The molecule has 0 aliphatic heterocycles. The van der Waals surface area contributed by atoms with Crippen LogP contribution < -0.4 is 4.74 Å². The number of esters is 1. The maximum atomic E-state index is 11.0. The Morgan fingerprint density at radius 1 is 1.31 bits per heavy atom. The van der Waals surface area contributed by atoms with Crippen molar-refractivity contribution in [2.45, 2.75) is 13.8 Å². The second kappa shape index (κ2) is 4.45. The summed E-state index contributed by atoms with van der Waals surface area (Å²) in [7, 11) is 0. The average molecular weight is 233 g/mol. The molecule has 0 bridgehead atoms. The Labute approximate surface area is 97.9 Å². The van der Waals surface area contributed by atoms with E-state index in [0.717, 1.165) is 16.1 Å². The maximum Gasteiger partial charge on any atom is 0.308 e. The molecule has 0 saturated heterocycles.